The second-order valence-corrected chi connectivity index (χ2v) is 6.63. The van der Waals surface area contributed by atoms with E-state index in [1.54, 1.807) is 36.4 Å². The lowest BCUT2D eigenvalue weighted by Crippen LogP contribution is -2.43. The zero-order valence-corrected chi connectivity index (χ0v) is 16.0. The molecule has 2 aromatic carbocycles. The summed E-state index contributed by atoms with van der Waals surface area (Å²) in [7, 11) is 0. The van der Waals surface area contributed by atoms with Crippen LogP contribution in [0.1, 0.15) is 36.2 Å². The number of ether oxygens (including phenoxy) is 2. The molecule has 0 atom stereocenters. The lowest BCUT2D eigenvalue weighted by molar-refractivity contribution is -0.123. The molecule has 2 rings (SSSR count). The van der Waals surface area contributed by atoms with Gasteiger partial charge in [0.1, 0.15) is 11.5 Å². The van der Waals surface area contributed by atoms with E-state index in [0.717, 1.165) is 12.0 Å². The van der Waals surface area contributed by atoms with Gasteiger partial charge in [0, 0.05) is 0 Å². The fourth-order valence-electron chi connectivity index (χ4n) is 2.20. The van der Waals surface area contributed by atoms with E-state index in [4.69, 9.17) is 9.47 Å². The summed E-state index contributed by atoms with van der Waals surface area (Å²) in [6.45, 7) is 6.51. The van der Waals surface area contributed by atoms with Gasteiger partial charge in [-0.2, -0.15) is 0 Å². The summed E-state index contributed by atoms with van der Waals surface area (Å²) in [4.78, 5) is 24.2. The molecule has 2 N–H and O–H groups in total. The van der Waals surface area contributed by atoms with Crippen LogP contribution < -0.4 is 20.3 Å². The number of carbonyl (C=O) groups excluding carboxylic acids is 2. The smallest absolute Gasteiger partial charge is 0.276 e. The minimum absolute atomic E-state index is 0.199. The van der Waals surface area contributed by atoms with Gasteiger partial charge in [0.05, 0.1) is 12.2 Å². The molecule has 6 nitrogen and oxygen atoms in total. The van der Waals surface area contributed by atoms with E-state index < -0.39 is 11.8 Å². The van der Waals surface area contributed by atoms with Crippen molar-refractivity contribution in [2.24, 2.45) is 5.92 Å². The molecule has 0 fully saturated rings. The minimum Gasteiger partial charge on any atom is -0.493 e. The van der Waals surface area contributed by atoms with Gasteiger partial charge in [-0.3, -0.25) is 20.4 Å². The van der Waals surface area contributed by atoms with E-state index in [2.05, 4.69) is 24.7 Å². The molecular formula is C21H26N2O4. The predicted octanol–water partition coefficient (Wildman–Crippen LogP) is 3.26. The molecule has 2 aromatic rings. The number of para-hydroxylation sites is 1. The third-order valence-corrected chi connectivity index (χ3v) is 3.79. The maximum Gasteiger partial charge on any atom is 0.276 e. The Labute approximate surface area is 159 Å². The van der Waals surface area contributed by atoms with E-state index in [1.165, 1.54) is 0 Å². The molecule has 0 aliphatic rings. The standard InChI is InChI=1S/C21H26N2O4/c1-15(2)12-13-26-19-7-5-4-6-18(19)21(25)23-22-20(24)14-27-17-10-8-16(3)9-11-17/h4-11,15H,12-14H2,1-3H3,(H,22,24)(H,23,25). The van der Waals surface area contributed by atoms with Gasteiger partial charge in [0.15, 0.2) is 6.61 Å². The first-order valence-corrected chi connectivity index (χ1v) is 8.96. The van der Waals surface area contributed by atoms with Crippen LogP contribution in [0.2, 0.25) is 0 Å². The van der Waals surface area contributed by atoms with Crippen molar-refractivity contribution in [2.75, 3.05) is 13.2 Å². The summed E-state index contributed by atoms with van der Waals surface area (Å²) in [6, 6.07) is 14.3. The number of nitrogens with one attached hydrogen (secondary N) is 2. The van der Waals surface area contributed by atoms with Crippen LogP contribution in [-0.4, -0.2) is 25.0 Å². The molecule has 0 bridgehead atoms. The first-order valence-electron chi connectivity index (χ1n) is 8.96. The number of hydrogen-bond acceptors (Lipinski definition) is 4. The van der Waals surface area contributed by atoms with Crippen molar-refractivity contribution in [2.45, 2.75) is 27.2 Å². The lowest BCUT2D eigenvalue weighted by Gasteiger charge is -2.13. The van der Waals surface area contributed by atoms with Crippen LogP contribution in [0.5, 0.6) is 11.5 Å². The topological polar surface area (TPSA) is 76.7 Å². The fraction of sp³-hybridized carbons (Fsp3) is 0.333. The zero-order valence-electron chi connectivity index (χ0n) is 16.0. The second kappa shape index (κ2) is 10.2. The molecule has 0 heterocycles. The molecule has 0 aliphatic carbocycles. The van der Waals surface area contributed by atoms with Crippen molar-refractivity contribution in [1.29, 1.82) is 0 Å². The molecular weight excluding hydrogens is 344 g/mol. The Bertz CT molecular complexity index is 757. The van der Waals surface area contributed by atoms with Gasteiger partial charge in [-0.1, -0.05) is 43.7 Å². The van der Waals surface area contributed by atoms with Crippen LogP contribution in [-0.2, 0) is 4.79 Å². The van der Waals surface area contributed by atoms with Crippen molar-refractivity contribution in [3.05, 3.63) is 59.7 Å². The average molecular weight is 370 g/mol. The Morgan fingerprint density at radius 2 is 1.67 bits per heavy atom. The minimum atomic E-state index is -0.456. The molecule has 0 aromatic heterocycles. The van der Waals surface area contributed by atoms with Crippen molar-refractivity contribution in [3.8, 4) is 11.5 Å². The lowest BCUT2D eigenvalue weighted by atomic mass is 10.1. The molecule has 0 aliphatic heterocycles. The molecule has 0 unspecified atom stereocenters. The average Bonchev–Trinajstić information content (AvgIpc) is 2.65. The Morgan fingerprint density at radius 1 is 0.963 bits per heavy atom. The molecule has 6 heteroatoms. The normalized spacial score (nSPS) is 10.4. The summed E-state index contributed by atoms with van der Waals surface area (Å²) in [6.07, 6.45) is 0.892. The van der Waals surface area contributed by atoms with Gasteiger partial charge < -0.3 is 9.47 Å². The number of aryl methyl sites for hydroxylation is 1. The Balaban J connectivity index is 1.82. The molecule has 144 valence electrons. The maximum atomic E-state index is 12.3. The Hall–Kier alpha value is -3.02. The van der Waals surface area contributed by atoms with Crippen molar-refractivity contribution in [1.82, 2.24) is 10.9 Å². The van der Waals surface area contributed by atoms with Gasteiger partial charge in [-0.25, -0.2) is 0 Å². The third-order valence-electron chi connectivity index (χ3n) is 3.79. The van der Waals surface area contributed by atoms with Crippen LogP contribution in [0.3, 0.4) is 0 Å². The van der Waals surface area contributed by atoms with Gasteiger partial charge in [-0.15, -0.1) is 0 Å². The van der Waals surface area contributed by atoms with Crippen LogP contribution >= 0.6 is 0 Å². The van der Waals surface area contributed by atoms with Crippen LogP contribution in [0.4, 0.5) is 0 Å². The molecule has 0 saturated heterocycles. The molecule has 0 saturated carbocycles. The summed E-state index contributed by atoms with van der Waals surface area (Å²) < 4.78 is 11.1. The number of benzene rings is 2. The summed E-state index contributed by atoms with van der Waals surface area (Å²) >= 11 is 0. The third kappa shape index (κ3) is 7.01. The highest BCUT2D eigenvalue weighted by molar-refractivity contribution is 5.97. The quantitative estimate of drug-likeness (QED) is 0.699. The van der Waals surface area contributed by atoms with Gasteiger partial charge in [0.25, 0.3) is 11.8 Å². The van der Waals surface area contributed by atoms with E-state index in [1.807, 2.05) is 19.1 Å². The van der Waals surface area contributed by atoms with Crippen LogP contribution in [0, 0.1) is 12.8 Å². The molecule has 0 radical (unpaired) electrons. The number of hydrogen-bond donors (Lipinski definition) is 2. The Morgan fingerprint density at radius 3 is 2.37 bits per heavy atom. The highest BCUT2D eigenvalue weighted by Crippen LogP contribution is 2.18. The monoisotopic (exact) mass is 370 g/mol. The van der Waals surface area contributed by atoms with Crippen molar-refractivity contribution in [3.63, 3.8) is 0 Å². The second-order valence-electron chi connectivity index (χ2n) is 6.63. The summed E-state index contributed by atoms with van der Waals surface area (Å²) in [5.41, 5.74) is 6.20. The molecule has 27 heavy (non-hydrogen) atoms. The summed E-state index contributed by atoms with van der Waals surface area (Å²) in [5, 5.41) is 0. The van der Waals surface area contributed by atoms with E-state index in [0.29, 0.717) is 29.6 Å². The number of carbonyl (C=O) groups is 2. The first-order chi connectivity index (χ1) is 13.0. The predicted molar refractivity (Wildman–Crippen MR) is 104 cm³/mol. The number of hydrazine groups is 1. The van der Waals surface area contributed by atoms with Gasteiger partial charge in [0.2, 0.25) is 0 Å². The molecule has 0 spiro atoms. The van der Waals surface area contributed by atoms with Gasteiger partial charge in [-0.05, 0) is 43.5 Å². The van der Waals surface area contributed by atoms with Crippen molar-refractivity contribution < 1.29 is 19.1 Å². The van der Waals surface area contributed by atoms with Crippen LogP contribution in [0.15, 0.2) is 48.5 Å². The van der Waals surface area contributed by atoms with Crippen molar-refractivity contribution >= 4 is 11.8 Å². The van der Waals surface area contributed by atoms with E-state index in [-0.39, 0.29) is 6.61 Å². The van der Waals surface area contributed by atoms with E-state index >= 15 is 0 Å². The maximum absolute atomic E-state index is 12.3. The van der Waals surface area contributed by atoms with E-state index in [9.17, 15) is 9.59 Å². The first kappa shape index (κ1) is 20.3. The Kier molecular flexibility index (Phi) is 7.67. The fourth-order valence-corrected chi connectivity index (χ4v) is 2.20. The highest BCUT2D eigenvalue weighted by atomic mass is 16.5. The number of amides is 2. The highest BCUT2D eigenvalue weighted by Gasteiger charge is 2.13. The van der Waals surface area contributed by atoms with Gasteiger partial charge >= 0.3 is 0 Å². The largest absolute Gasteiger partial charge is 0.493 e. The van der Waals surface area contributed by atoms with Crippen LogP contribution in [0.25, 0.3) is 0 Å². The summed E-state index contributed by atoms with van der Waals surface area (Å²) in [5.74, 6) is 0.687. The number of rotatable bonds is 8. The molecule has 2 amide bonds. The SMILES string of the molecule is Cc1ccc(OCC(=O)NNC(=O)c2ccccc2OCCC(C)C)cc1. The zero-order chi connectivity index (χ0) is 19.6.